The van der Waals surface area contributed by atoms with Gasteiger partial charge in [-0.25, -0.2) is 4.98 Å². The number of rotatable bonds is 2. The number of aromatic hydroxyl groups is 1. The van der Waals surface area contributed by atoms with Gasteiger partial charge in [0.2, 0.25) is 0 Å². The van der Waals surface area contributed by atoms with Crippen molar-refractivity contribution in [3.8, 4) is 17.1 Å². The Bertz CT molecular complexity index is 436. The van der Waals surface area contributed by atoms with Crippen molar-refractivity contribution in [2.24, 2.45) is 5.73 Å². The molecule has 0 spiro atoms. The van der Waals surface area contributed by atoms with E-state index in [4.69, 9.17) is 5.73 Å². The van der Waals surface area contributed by atoms with Crippen LogP contribution in [0.3, 0.4) is 0 Å². The van der Waals surface area contributed by atoms with Gasteiger partial charge in [0.1, 0.15) is 11.6 Å². The number of aromatic nitrogens is 2. The highest BCUT2D eigenvalue weighted by atomic mass is 16.3. The van der Waals surface area contributed by atoms with Gasteiger partial charge < -0.3 is 15.8 Å². The van der Waals surface area contributed by atoms with E-state index in [1.54, 1.807) is 24.4 Å². The van der Waals surface area contributed by atoms with Gasteiger partial charge >= 0.3 is 0 Å². The Morgan fingerprint density at radius 2 is 2.14 bits per heavy atom. The van der Waals surface area contributed by atoms with Crippen LogP contribution in [0.4, 0.5) is 0 Å². The highest BCUT2D eigenvalue weighted by Crippen LogP contribution is 2.25. The topological polar surface area (TPSA) is 74.9 Å². The number of aromatic amines is 1. The highest BCUT2D eigenvalue weighted by molar-refractivity contribution is 5.63. The number of nitrogens with one attached hydrogen (secondary N) is 1. The summed E-state index contributed by atoms with van der Waals surface area (Å²) in [5, 5.41) is 9.55. The summed E-state index contributed by atoms with van der Waals surface area (Å²) in [6.07, 6.45) is 1.67. The maximum absolute atomic E-state index is 9.55. The van der Waals surface area contributed by atoms with Crippen molar-refractivity contribution in [3.05, 3.63) is 36.2 Å². The summed E-state index contributed by atoms with van der Waals surface area (Å²) in [5.74, 6) is 0.856. The predicted octanol–water partition coefficient (Wildman–Crippen LogP) is 1.24. The van der Waals surface area contributed by atoms with Gasteiger partial charge in [-0.2, -0.15) is 0 Å². The van der Waals surface area contributed by atoms with Crippen molar-refractivity contribution in [1.29, 1.82) is 0 Å². The van der Waals surface area contributed by atoms with E-state index in [2.05, 4.69) is 9.97 Å². The van der Waals surface area contributed by atoms with E-state index in [1.807, 2.05) is 6.07 Å². The third-order valence-electron chi connectivity index (χ3n) is 2.01. The van der Waals surface area contributed by atoms with Crippen LogP contribution in [-0.2, 0) is 6.54 Å². The van der Waals surface area contributed by atoms with Crippen molar-refractivity contribution in [2.75, 3.05) is 0 Å². The predicted molar refractivity (Wildman–Crippen MR) is 53.6 cm³/mol. The SMILES string of the molecule is NCc1cnc(-c2ccccc2O)[nH]1. The Balaban J connectivity index is 2.44. The van der Waals surface area contributed by atoms with Crippen LogP contribution in [0.2, 0.25) is 0 Å². The van der Waals surface area contributed by atoms with E-state index in [1.165, 1.54) is 0 Å². The second-order valence-electron chi connectivity index (χ2n) is 2.98. The van der Waals surface area contributed by atoms with Crippen LogP contribution in [0.5, 0.6) is 5.75 Å². The van der Waals surface area contributed by atoms with Crippen molar-refractivity contribution in [2.45, 2.75) is 6.54 Å². The molecule has 0 aliphatic rings. The Labute approximate surface area is 81.4 Å². The minimum Gasteiger partial charge on any atom is -0.507 e. The largest absolute Gasteiger partial charge is 0.507 e. The number of phenolic OH excluding ortho intramolecular Hbond substituents is 1. The molecule has 0 radical (unpaired) electrons. The van der Waals surface area contributed by atoms with Crippen LogP contribution in [-0.4, -0.2) is 15.1 Å². The number of hydrogen-bond acceptors (Lipinski definition) is 3. The molecule has 1 aromatic carbocycles. The molecule has 0 saturated carbocycles. The van der Waals surface area contributed by atoms with E-state index in [-0.39, 0.29) is 5.75 Å². The fraction of sp³-hybridized carbons (Fsp3) is 0.100. The van der Waals surface area contributed by atoms with E-state index in [9.17, 15) is 5.11 Å². The zero-order valence-corrected chi connectivity index (χ0v) is 7.57. The summed E-state index contributed by atoms with van der Waals surface area (Å²) < 4.78 is 0. The summed E-state index contributed by atoms with van der Waals surface area (Å²) in [5.41, 5.74) is 6.98. The summed E-state index contributed by atoms with van der Waals surface area (Å²) in [6.45, 7) is 0.417. The second kappa shape index (κ2) is 3.51. The lowest BCUT2D eigenvalue weighted by atomic mass is 10.2. The van der Waals surface area contributed by atoms with Crippen molar-refractivity contribution in [1.82, 2.24) is 9.97 Å². The molecule has 72 valence electrons. The number of phenols is 1. The molecule has 0 atom stereocenters. The maximum Gasteiger partial charge on any atom is 0.141 e. The molecule has 2 aromatic rings. The van der Waals surface area contributed by atoms with E-state index >= 15 is 0 Å². The van der Waals surface area contributed by atoms with E-state index in [0.29, 0.717) is 17.9 Å². The summed E-state index contributed by atoms with van der Waals surface area (Å²) in [4.78, 5) is 7.15. The third-order valence-corrected chi connectivity index (χ3v) is 2.01. The molecule has 0 aliphatic carbocycles. The van der Waals surface area contributed by atoms with Crippen molar-refractivity contribution >= 4 is 0 Å². The van der Waals surface area contributed by atoms with E-state index in [0.717, 1.165) is 5.69 Å². The molecule has 0 amide bonds. The number of hydrogen-bond donors (Lipinski definition) is 3. The van der Waals surface area contributed by atoms with Crippen LogP contribution >= 0.6 is 0 Å². The molecule has 1 heterocycles. The van der Waals surface area contributed by atoms with Crippen molar-refractivity contribution < 1.29 is 5.11 Å². The average molecular weight is 189 g/mol. The maximum atomic E-state index is 9.55. The molecule has 14 heavy (non-hydrogen) atoms. The smallest absolute Gasteiger partial charge is 0.141 e. The van der Waals surface area contributed by atoms with E-state index < -0.39 is 0 Å². The molecular formula is C10H11N3O. The summed E-state index contributed by atoms with van der Waals surface area (Å²) in [6, 6.07) is 7.04. The number of benzene rings is 1. The third kappa shape index (κ3) is 1.47. The minimum atomic E-state index is 0.213. The van der Waals surface area contributed by atoms with Crippen LogP contribution < -0.4 is 5.73 Å². The average Bonchev–Trinajstić information content (AvgIpc) is 2.67. The first-order valence-electron chi connectivity index (χ1n) is 4.33. The molecule has 4 N–H and O–H groups in total. The van der Waals surface area contributed by atoms with Gasteiger partial charge in [0.05, 0.1) is 5.56 Å². The molecule has 1 aromatic heterocycles. The first kappa shape index (κ1) is 8.77. The molecule has 0 aliphatic heterocycles. The first-order chi connectivity index (χ1) is 6.81. The Kier molecular flexibility index (Phi) is 2.20. The molecule has 0 unspecified atom stereocenters. The standard InChI is InChI=1S/C10H11N3O/c11-5-7-6-12-10(13-7)8-3-1-2-4-9(8)14/h1-4,6,14H,5,11H2,(H,12,13). The minimum absolute atomic E-state index is 0.213. The molecule has 0 fully saturated rings. The molecule has 4 heteroatoms. The Morgan fingerprint density at radius 3 is 2.79 bits per heavy atom. The van der Waals surface area contributed by atoms with Crippen LogP contribution in [0.1, 0.15) is 5.69 Å². The number of nitrogens with two attached hydrogens (primary N) is 1. The molecular weight excluding hydrogens is 178 g/mol. The van der Waals surface area contributed by atoms with Gasteiger partial charge in [-0.15, -0.1) is 0 Å². The molecule has 2 rings (SSSR count). The Hall–Kier alpha value is -1.81. The first-order valence-corrected chi connectivity index (χ1v) is 4.33. The van der Waals surface area contributed by atoms with Gasteiger partial charge in [0, 0.05) is 18.4 Å². The van der Waals surface area contributed by atoms with Gasteiger partial charge in [-0.05, 0) is 12.1 Å². The number of nitrogens with zero attached hydrogens (tertiary/aromatic N) is 1. The Morgan fingerprint density at radius 1 is 1.36 bits per heavy atom. The zero-order valence-electron chi connectivity index (χ0n) is 7.57. The molecule has 0 saturated heterocycles. The number of imidazole rings is 1. The normalized spacial score (nSPS) is 10.4. The van der Waals surface area contributed by atoms with Gasteiger partial charge in [0.25, 0.3) is 0 Å². The monoisotopic (exact) mass is 189 g/mol. The summed E-state index contributed by atoms with van der Waals surface area (Å²) in [7, 11) is 0. The lowest BCUT2D eigenvalue weighted by Gasteiger charge is -1.99. The van der Waals surface area contributed by atoms with Gasteiger partial charge in [-0.1, -0.05) is 12.1 Å². The van der Waals surface area contributed by atoms with Crippen LogP contribution in [0.25, 0.3) is 11.4 Å². The number of H-pyrrole nitrogens is 1. The quantitative estimate of drug-likeness (QED) is 0.665. The van der Waals surface area contributed by atoms with Crippen LogP contribution in [0.15, 0.2) is 30.5 Å². The second-order valence-corrected chi connectivity index (χ2v) is 2.98. The zero-order chi connectivity index (χ0) is 9.97. The van der Waals surface area contributed by atoms with Gasteiger partial charge in [0.15, 0.2) is 0 Å². The molecule has 0 bridgehead atoms. The number of para-hydroxylation sites is 1. The van der Waals surface area contributed by atoms with Gasteiger partial charge in [-0.3, -0.25) is 0 Å². The lowest BCUT2D eigenvalue weighted by molar-refractivity contribution is 0.477. The summed E-state index contributed by atoms with van der Waals surface area (Å²) >= 11 is 0. The van der Waals surface area contributed by atoms with Crippen molar-refractivity contribution in [3.63, 3.8) is 0 Å². The molecule has 4 nitrogen and oxygen atoms in total. The van der Waals surface area contributed by atoms with Crippen LogP contribution in [0, 0.1) is 0 Å². The lowest BCUT2D eigenvalue weighted by Crippen LogP contribution is -1.95. The highest BCUT2D eigenvalue weighted by Gasteiger charge is 2.06. The fourth-order valence-corrected chi connectivity index (χ4v) is 1.27. The fourth-order valence-electron chi connectivity index (χ4n) is 1.27.